The summed E-state index contributed by atoms with van der Waals surface area (Å²) in [6, 6.07) is 7.66. The molecular formula is C12H16FNS. The van der Waals surface area contributed by atoms with E-state index in [4.69, 9.17) is 0 Å². The number of halogens is 1. The molecule has 1 aromatic rings. The van der Waals surface area contributed by atoms with Crippen molar-refractivity contribution in [3.05, 3.63) is 35.6 Å². The molecule has 0 unspecified atom stereocenters. The lowest BCUT2D eigenvalue weighted by Gasteiger charge is -2.10. The summed E-state index contributed by atoms with van der Waals surface area (Å²) in [7, 11) is 0. The predicted molar refractivity (Wildman–Crippen MR) is 63.8 cm³/mol. The Morgan fingerprint density at radius 3 is 3.00 bits per heavy atom. The summed E-state index contributed by atoms with van der Waals surface area (Å²) in [5, 5.41) is 3.47. The molecule has 1 heterocycles. The summed E-state index contributed by atoms with van der Waals surface area (Å²) in [4.78, 5) is 0. The van der Waals surface area contributed by atoms with Crippen molar-refractivity contribution in [1.29, 1.82) is 0 Å². The third-order valence-corrected chi connectivity index (χ3v) is 3.88. The molecule has 1 aliphatic heterocycles. The first-order chi connectivity index (χ1) is 7.36. The number of nitrogens with one attached hydrogen (secondary N) is 1. The minimum Gasteiger partial charge on any atom is -0.313 e. The summed E-state index contributed by atoms with van der Waals surface area (Å²) >= 11 is 2.00. The van der Waals surface area contributed by atoms with E-state index in [1.165, 1.54) is 24.0 Å². The van der Waals surface area contributed by atoms with E-state index in [1.54, 1.807) is 6.07 Å². The summed E-state index contributed by atoms with van der Waals surface area (Å²) in [6.45, 7) is 0.881. The van der Waals surface area contributed by atoms with Gasteiger partial charge < -0.3 is 5.32 Å². The van der Waals surface area contributed by atoms with Crippen molar-refractivity contribution in [2.75, 3.05) is 18.1 Å². The van der Waals surface area contributed by atoms with Gasteiger partial charge >= 0.3 is 0 Å². The van der Waals surface area contributed by atoms with Gasteiger partial charge in [0, 0.05) is 11.8 Å². The Bertz CT molecular complexity index is 310. The minimum absolute atomic E-state index is 0.0832. The zero-order chi connectivity index (χ0) is 10.5. The number of hydrogen-bond donors (Lipinski definition) is 1. The highest BCUT2D eigenvalue weighted by atomic mass is 32.2. The van der Waals surface area contributed by atoms with Crippen LogP contribution in [0, 0.1) is 5.82 Å². The van der Waals surface area contributed by atoms with Crippen LogP contribution in [-0.2, 0) is 6.42 Å². The molecule has 0 saturated carbocycles. The van der Waals surface area contributed by atoms with Crippen LogP contribution in [0.1, 0.15) is 12.0 Å². The van der Waals surface area contributed by atoms with Crippen LogP contribution in [-0.4, -0.2) is 24.1 Å². The quantitative estimate of drug-likeness (QED) is 0.845. The number of hydrogen-bond acceptors (Lipinski definition) is 2. The molecule has 0 aliphatic carbocycles. The van der Waals surface area contributed by atoms with E-state index in [-0.39, 0.29) is 5.82 Å². The normalized spacial score (nSPS) is 20.7. The lowest BCUT2D eigenvalue weighted by Crippen LogP contribution is -2.30. The third-order valence-electron chi connectivity index (χ3n) is 2.71. The molecule has 1 nitrogen and oxygen atoms in total. The van der Waals surface area contributed by atoms with Gasteiger partial charge in [-0.2, -0.15) is 11.8 Å². The Kier molecular flexibility index (Phi) is 4.03. The van der Waals surface area contributed by atoms with E-state index in [9.17, 15) is 4.39 Å². The fraction of sp³-hybridized carbons (Fsp3) is 0.500. The maximum Gasteiger partial charge on any atom is 0.126 e. The van der Waals surface area contributed by atoms with Crippen molar-refractivity contribution in [1.82, 2.24) is 5.32 Å². The summed E-state index contributed by atoms with van der Waals surface area (Å²) in [5.74, 6) is 2.38. The largest absolute Gasteiger partial charge is 0.313 e. The average Bonchev–Trinajstić information content (AvgIpc) is 2.74. The highest BCUT2D eigenvalue weighted by molar-refractivity contribution is 7.99. The van der Waals surface area contributed by atoms with E-state index in [0.717, 1.165) is 18.5 Å². The molecule has 0 amide bonds. The van der Waals surface area contributed by atoms with Gasteiger partial charge in [0.15, 0.2) is 0 Å². The lowest BCUT2D eigenvalue weighted by atomic mass is 10.1. The predicted octanol–water partition coefficient (Wildman–Crippen LogP) is 2.46. The molecule has 0 bridgehead atoms. The summed E-state index contributed by atoms with van der Waals surface area (Å²) < 4.78 is 13.3. The van der Waals surface area contributed by atoms with Crippen molar-refractivity contribution in [2.45, 2.75) is 18.9 Å². The summed E-state index contributed by atoms with van der Waals surface area (Å²) in [5.41, 5.74) is 0.815. The van der Waals surface area contributed by atoms with Crippen molar-refractivity contribution in [2.24, 2.45) is 0 Å². The molecule has 0 radical (unpaired) electrons. The first kappa shape index (κ1) is 11.0. The fourth-order valence-corrected chi connectivity index (χ4v) is 2.99. The van der Waals surface area contributed by atoms with Gasteiger partial charge in [-0.1, -0.05) is 18.2 Å². The third kappa shape index (κ3) is 3.21. The van der Waals surface area contributed by atoms with Gasteiger partial charge in [-0.25, -0.2) is 4.39 Å². The molecular weight excluding hydrogens is 209 g/mol. The van der Waals surface area contributed by atoms with E-state index in [0.29, 0.717) is 6.04 Å². The van der Waals surface area contributed by atoms with Gasteiger partial charge in [0.25, 0.3) is 0 Å². The SMILES string of the molecule is Fc1ccccc1CCN[C@H]1CCSC1. The Hall–Kier alpha value is -0.540. The molecule has 1 fully saturated rings. The maximum absolute atomic E-state index is 13.3. The van der Waals surface area contributed by atoms with Crippen LogP contribution in [0.25, 0.3) is 0 Å². The number of thioether (sulfide) groups is 1. The zero-order valence-electron chi connectivity index (χ0n) is 8.71. The van der Waals surface area contributed by atoms with Crippen LogP contribution in [0.3, 0.4) is 0 Å². The van der Waals surface area contributed by atoms with Crippen LogP contribution in [0.4, 0.5) is 4.39 Å². The van der Waals surface area contributed by atoms with Crippen LogP contribution in [0.2, 0.25) is 0 Å². The topological polar surface area (TPSA) is 12.0 Å². The second kappa shape index (κ2) is 5.52. The first-order valence-electron chi connectivity index (χ1n) is 5.41. The Balaban J connectivity index is 1.75. The molecule has 3 heteroatoms. The van der Waals surface area contributed by atoms with Crippen molar-refractivity contribution < 1.29 is 4.39 Å². The molecule has 0 spiro atoms. The van der Waals surface area contributed by atoms with E-state index in [1.807, 2.05) is 23.9 Å². The smallest absolute Gasteiger partial charge is 0.126 e. The molecule has 15 heavy (non-hydrogen) atoms. The number of benzene rings is 1. The Labute approximate surface area is 94.5 Å². The maximum atomic E-state index is 13.3. The molecule has 1 aromatic carbocycles. The van der Waals surface area contributed by atoms with Gasteiger partial charge in [-0.15, -0.1) is 0 Å². The second-order valence-corrected chi connectivity index (χ2v) is 5.01. The molecule has 1 N–H and O–H groups in total. The average molecular weight is 225 g/mol. The highest BCUT2D eigenvalue weighted by Gasteiger charge is 2.14. The number of rotatable bonds is 4. The Morgan fingerprint density at radius 1 is 1.40 bits per heavy atom. The molecule has 0 aromatic heterocycles. The van der Waals surface area contributed by atoms with Crippen molar-refractivity contribution in [3.8, 4) is 0 Å². The minimum atomic E-state index is -0.0832. The van der Waals surface area contributed by atoms with Crippen LogP contribution in [0.15, 0.2) is 24.3 Å². The molecule has 2 rings (SSSR count). The van der Waals surface area contributed by atoms with Crippen LogP contribution in [0.5, 0.6) is 0 Å². The highest BCUT2D eigenvalue weighted by Crippen LogP contribution is 2.17. The molecule has 1 saturated heterocycles. The van der Waals surface area contributed by atoms with Crippen molar-refractivity contribution in [3.63, 3.8) is 0 Å². The summed E-state index contributed by atoms with van der Waals surface area (Å²) in [6.07, 6.45) is 2.04. The van der Waals surface area contributed by atoms with Gasteiger partial charge in [0.05, 0.1) is 0 Å². The van der Waals surface area contributed by atoms with Gasteiger partial charge in [0.1, 0.15) is 5.82 Å². The van der Waals surface area contributed by atoms with Gasteiger partial charge in [0.2, 0.25) is 0 Å². The van der Waals surface area contributed by atoms with Crippen LogP contribution >= 0.6 is 11.8 Å². The molecule has 82 valence electrons. The molecule has 1 aliphatic rings. The van der Waals surface area contributed by atoms with Crippen LogP contribution < -0.4 is 5.32 Å². The van der Waals surface area contributed by atoms with E-state index < -0.39 is 0 Å². The monoisotopic (exact) mass is 225 g/mol. The standard InChI is InChI=1S/C12H16FNS/c13-12-4-2-1-3-10(12)5-7-14-11-6-8-15-9-11/h1-4,11,14H,5-9H2/t11-/m0/s1. The van der Waals surface area contributed by atoms with E-state index >= 15 is 0 Å². The van der Waals surface area contributed by atoms with Crippen molar-refractivity contribution >= 4 is 11.8 Å². The Morgan fingerprint density at radius 2 is 2.27 bits per heavy atom. The fourth-order valence-electron chi connectivity index (χ4n) is 1.81. The van der Waals surface area contributed by atoms with Gasteiger partial charge in [-0.3, -0.25) is 0 Å². The van der Waals surface area contributed by atoms with Gasteiger partial charge in [-0.05, 0) is 36.8 Å². The lowest BCUT2D eigenvalue weighted by molar-refractivity contribution is 0.548. The zero-order valence-corrected chi connectivity index (χ0v) is 9.52. The first-order valence-corrected chi connectivity index (χ1v) is 6.56. The second-order valence-electron chi connectivity index (χ2n) is 3.86. The van der Waals surface area contributed by atoms with E-state index in [2.05, 4.69) is 5.32 Å². The molecule has 1 atom stereocenters.